The number of aromatic nitrogens is 2. The minimum Gasteiger partial charge on any atom is -0.437 e. The van der Waals surface area contributed by atoms with Gasteiger partial charge in [-0.1, -0.05) is 0 Å². The van der Waals surface area contributed by atoms with Gasteiger partial charge < -0.3 is 10.5 Å². The van der Waals surface area contributed by atoms with E-state index in [4.69, 9.17) is 10.5 Å². The molecule has 6 heteroatoms. The number of halogens is 1. The molecule has 0 radical (unpaired) electrons. The van der Waals surface area contributed by atoms with Crippen LogP contribution in [0.4, 0.5) is 0 Å². The van der Waals surface area contributed by atoms with Gasteiger partial charge in [-0.3, -0.25) is 9.78 Å². The molecule has 2 heterocycles. The molecule has 1 amide bonds. The Balaban J connectivity index is 2.24. The van der Waals surface area contributed by atoms with E-state index in [0.29, 0.717) is 17.2 Å². The number of primary amides is 1. The summed E-state index contributed by atoms with van der Waals surface area (Å²) >= 11 is 3.28. The number of carbonyl (C=O) groups is 1. The van der Waals surface area contributed by atoms with Crippen LogP contribution in [-0.4, -0.2) is 15.9 Å². The van der Waals surface area contributed by atoms with Crippen LogP contribution in [0.2, 0.25) is 0 Å². The average Bonchev–Trinajstić information content (AvgIpc) is 2.29. The summed E-state index contributed by atoms with van der Waals surface area (Å²) < 4.78 is 6.23. The first-order valence-electron chi connectivity index (χ1n) is 4.69. The molecule has 0 fully saturated rings. The molecule has 2 rings (SSSR count). The Labute approximate surface area is 106 Å². The highest BCUT2D eigenvalue weighted by Gasteiger charge is 2.04. The van der Waals surface area contributed by atoms with E-state index in [-0.39, 0.29) is 0 Å². The van der Waals surface area contributed by atoms with E-state index < -0.39 is 5.91 Å². The molecule has 0 spiro atoms. The molecule has 0 aliphatic rings. The van der Waals surface area contributed by atoms with E-state index in [2.05, 4.69) is 25.9 Å². The topological polar surface area (TPSA) is 78.1 Å². The van der Waals surface area contributed by atoms with Crippen LogP contribution < -0.4 is 10.5 Å². The summed E-state index contributed by atoms with van der Waals surface area (Å²) in [5.41, 5.74) is 5.50. The lowest BCUT2D eigenvalue weighted by molar-refractivity contribution is 0.1000. The summed E-state index contributed by atoms with van der Waals surface area (Å²) in [6.07, 6.45) is 4.64. The molecule has 0 saturated heterocycles. The van der Waals surface area contributed by atoms with Crippen molar-refractivity contribution in [3.05, 3.63) is 46.8 Å². The van der Waals surface area contributed by atoms with Gasteiger partial charge in [0.05, 0.1) is 6.20 Å². The zero-order valence-electron chi connectivity index (χ0n) is 8.63. The van der Waals surface area contributed by atoms with Crippen molar-refractivity contribution in [3.8, 4) is 11.6 Å². The van der Waals surface area contributed by atoms with Gasteiger partial charge in [-0.25, -0.2) is 4.98 Å². The average molecular weight is 294 g/mol. The lowest BCUT2D eigenvalue weighted by Crippen LogP contribution is -2.10. The van der Waals surface area contributed by atoms with Crippen molar-refractivity contribution in [2.24, 2.45) is 5.73 Å². The second-order valence-corrected chi connectivity index (χ2v) is 4.10. The van der Waals surface area contributed by atoms with Gasteiger partial charge in [-0.15, -0.1) is 0 Å². The Morgan fingerprint density at radius 3 is 2.88 bits per heavy atom. The zero-order chi connectivity index (χ0) is 12.3. The van der Waals surface area contributed by atoms with Crippen LogP contribution in [0.5, 0.6) is 11.6 Å². The van der Waals surface area contributed by atoms with E-state index in [1.807, 2.05) is 0 Å². The van der Waals surface area contributed by atoms with Crippen molar-refractivity contribution >= 4 is 21.8 Å². The minimum atomic E-state index is -0.524. The van der Waals surface area contributed by atoms with Crippen molar-refractivity contribution in [3.63, 3.8) is 0 Å². The van der Waals surface area contributed by atoms with Crippen molar-refractivity contribution in [1.82, 2.24) is 9.97 Å². The summed E-state index contributed by atoms with van der Waals surface area (Å²) in [6.45, 7) is 0. The Hall–Kier alpha value is -1.95. The first kappa shape index (κ1) is 11.5. The van der Waals surface area contributed by atoms with Gasteiger partial charge in [0.25, 0.3) is 0 Å². The van der Waals surface area contributed by atoms with Crippen LogP contribution in [0.15, 0.2) is 41.3 Å². The van der Waals surface area contributed by atoms with Crippen LogP contribution in [0, 0.1) is 0 Å². The molecule has 0 unspecified atom stereocenters. The second kappa shape index (κ2) is 4.92. The molecule has 86 valence electrons. The highest BCUT2D eigenvalue weighted by Crippen LogP contribution is 2.21. The first-order valence-corrected chi connectivity index (χ1v) is 5.49. The third-order valence-corrected chi connectivity index (χ3v) is 2.36. The van der Waals surface area contributed by atoms with Gasteiger partial charge in [-0.2, -0.15) is 0 Å². The van der Waals surface area contributed by atoms with Crippen LogP contribution in [0.1, 0.15) is 10.4 Å². The van der Waals surface area contributed by atoms with Crippen molar-refractivity contribution in [2.45, 2.75) is 0 Å². The second-order valence-electron chi connectivity index (χ2n) is 3.19. The van der Waals surface area contributed by atoms with Gasteiger partial charge in [-0.05, 0) is 28.1 Å². The maximum absolute atomic E-state index is 11.0. The first-order chi connectivity index (χ1) is 8.15. The summed E-state index contributed by atoms with van der Waals surface area (Å²) in [6, 6.07) is 4.74. The van der Waals surface area contributed by atoms with Gasteiger partial charge in [0, 0.05) is 28.5 Å². The number of nitrogens with zero attached hydrogens (tertiary/aromatic N) is 2. The Bertz CT molecular complexity index is 560. The molecular weight excluding hydrogens is 286 g/mol. The predicted molar refractivity (Wildman–Crippen MR) is 64.8 cm³/mol. The van der Waals surface area contributed by atoms with E-state index in [9.17, 15) is 4.79 Å². The number of carbonyl (C=O) groups excluding carboxylic acids is 1. The standard InChI is InChI=1S/C11H8BrN3O2/c12-8-4-9(6-14-5-8)17-10-3-7(11(13)16)1-2-15-10/h1-6H,(H2,13,16). The van der Waals surface area contributed by atoms with Crippen molar-refractivity contribution in [1.29, 1.82) is 0 Å². The van der Waals surface area contributed by atoms with E-state index >= 15 is 0 Å². The maximum atomic E-state index is 11.0. The van der Waals surface area contributed by atoms with Crippen LogP contribution in [-0.2, 0) is 0 Å². The molecule has 0 aliphatic carbocycles. The fraction of sp³-hybridized carbons (Fsp3) is 0. The Morgan fingerprint density at radius 1 is 1.35 bits per heavy atom. The number of ether oxygens (including phenoxy) is 1. The molecule has 0 saturated carbocycles. The summed E-state index contributed by atoms with van der Waals surface area (Å²) in [4.78, 5) is 18.9. The highest BCUT2D eigenvalue weighted by atomic mass is 79.9. The quantitative estimate of drug-likeness (QED) is 0.940. The third-order valence-electron chi connectivity index (χ3n) is 1.92. The molecule has 0 aliphatic heterocycles. The summed E-state index contributed by atoms with van der Waals surface area (Å²) in [7, 11) is 0. The lowest BCUT2D eigenvalue weighted by atomic mass is 10.2. The highest BCUT2D eigenvalue weighted by molar-refractivity contribution is 9.10. The fourth-order valence-corrected chi connectivity index (χ4v) is 1.53. The summed E-state index contributed by atoms with van der Waals surface area (Å²) in [5.74, 6) is 0.291. The number of hydrogen-bond donors (Lipinski definition) is 1. The molecule has 17 heavy (non-hydrogen) atoms. The number of nitrogens with two attached hydrogens (primary N) is 1. The SMILES string of the molecule is NC(=O)c1ccnc(Oc2cncc(Br)c2)c1. The van der Waals surface area contributed by atoms with Crippen molar-refractivity contribution < 1.29 is 9.53 Å². The molecule has 0 bridgehead atoms. The van der Waals surface area contributed by atoms with Gasteiger partial charge >= 0.3 is 0 Å². The van der Waals surface area contributed by atoms with Crippen LogP contribution in [0.25, 0.3) is 0 Å². The molecule has 0 atom stereocenters. The fourth-order valence-electron chi connectivity index (χ4n) is 1.19. The molecule has 2 aromatic rings. The smallest absolute Gasteiger partial charge is 0.248 e. The molecule has 0 aromatic carbocycles. The zero-order valence-corrected chi connectivity index (χ0v) is 10.2. The predicted octanol–water partition coefficient (Wildman–Crippen LogP) is 2.13. The molecule has 2 aromatic heterocycles. The number of pyridine rings is 2. The molecule has 2 N–H and O–H groups in total. The Morgan fingerprint density at radius 2 is 2.18 bits per heavy atom. The Kier molecular flexibility index (Phi) is 3.34. The molecular formula is C11H8BrN3O2. The van der Waals surface area contributed by atoms with Crippen molar-refractivity contribution in [2.75, 3.05) is 0 Å². The lowest BCUT2D eigenvalue weighted by Gasteiger charge is -2.04. The number of amides is 1. The normalized spacial score (nSPS) is 9.94. The molecule has 5 nitrogen and oxygen atoms in total. The van der Waals surface area contributed by atoms with Crippen LogP contribution >= 0.6 is 15.9 Å². The van der Waals surface area contributed by atoms with Gasteiger partial charge in [0.2, 0.25) is 11.8 Å². The van der Waals surface area contributed by atoms with Crippen LogP contribution in [0.3, 0.4) is 0 Å². The largest absolute Gasteiger partial charge is 0.437 e. The number of hydrogen-bond acceptors (Lipinski definition) is 4. The minimum absolute atomic E-state index is 0.293. The monoisotopic (exact) mass is 293 g/mol. The van der Waals surface area contributed by atoms with Gasteiger partial charge in [0.1, 0.15) is 5.75 Å². The van der Waals surface area contributed by atoms with E-state index in [1.54, 1.807) is 18.5 Å². The number of rotatable bonds is 3. The maximum Gasteiger partial charge on any atom is 0.248 e. The van der Waals surface area contributed by atoms with E-state index in [1.165, 1.54) is 18.3 Å². The third kappa shape index (κ3) is 3.01. The summed E-state index contributed by atoms with van der Waals surface area (Å²) in [5, 5.41) is 0. The van der Waals surface area contributed by atoms with Gasteiger partial charge in [0.15, 0.2) is 0 Å². The van der Waals surface area contributed by atoms with E-state index in [0.717, 1.165) is 4.47 Å².